The Morgan fingerprint density at radius 2 is 1.83 bits per heavy atom. The van der Waals surface area contributed by atoms with Crippen molar-refractivity contribution in [3.05, 3.63) is 35.4 Å². The average molecular weight is 498 g/mol. The first-order chi connectivity index (χ1) is 16.2. The molecule has 2 aliphatic rings. The van der Waals surface area contributed by atoms with Crippen LogP contribution in [0.15, 0.2) is 24.3 Å². The molecular weight excluding hydrogens is 463 g/mol. The zero-order chi connectivity index (χ0) is 26.1. The molecule has 1 aliphatic heterocycles. The number of carbonyl (C=O) groups is 3. The Hall–Kier alpha value is -2.62. The van der Waals surface area contributed by atoms with Crippen LogP contribution in [-0.2, 0) is 20.5 Å². The molecule has 0 aromatic heterocycles. The van der Waals surface area contributed by atoms with E-state index in [1.165, 1.54) is 13.2 Å². The van der Waals surface area contributed by atoms with E-state index in [0.29, 0.717) is 25.8 Å². The number of hydrogen-bond donors (Lipinski definition) is 1. The predicted octanol–water partition coefficient (Wildman–Crippen LogP) is 3.48. The van der Waals surface area contributed by atoms with Crippen LogP contribution in [0.5, 0.6) is 0 Å². The van der Waals surface area contributed by atoms with Crippen LogP contribution in [0, 0.1) is 5.92 Å². The molecule has 0 radical (unpaired) electrons. The number of ether oxygens (including phenoxy) is 1. The van der Waals surface area contributed by atoms with Gasteiger partial charge in [-0.25, -0.2) is 0 Å². The van der Waals surface area contributed by atoms with E-state index in [4.69, 9.17) is 4.74 Å². The second-order valence-electron chi connectivity index (χ2n) is 10.4. The highest BCUT2D eigenvalue weighted by molar-refractivity contribution is 5.98. The van der Waals surface area contributed by atoms with Crippen molar-refractivity contribution in [3.63, 3.8) is 0 Å². The Morgan fingerprint density at radius 3 is 2.43 bits per heavy atom. The van der Waals surface area contributed by atoms with Gasteiger partial charge in [-0.3, -0.25) is 19.3 Å². The molecule has 194 valence electrons. The maximum Gasteiger partial charge on any atom is 0.416 e. The number of nitrogens with one attached hydrogen (secondary N) is 1. The van der Waals surface area contributed by atoms with Crippen molar-refractivity contribution < 1.29 is 32.3 Å². The first-order valence-electron chi connectivity index (χ1n) is 11.8. The molecule has 1 aromatic rings. The molecule has 4 atom stereocenters. The molecule has 2 amide bonds. The molecule has 1 saturated heterocycles. The van der Waals surface area contributed by atoms with Crippen molar-refractivity contribution in [1.82, 2.24) is 15.1 Å². The lowest BCUT2D eigenvalue weighted by atomic mass is 9.79. The fourth-order valence-corrected chi connectivity index (χ4v) is 5.05. The minimum Gasteiger partial charge on any atom is -0.469 e. The molecule has 1 aromatic carbocycles. The lowest BCUT2D eigenvalue weighted by Gasteiger charge is -2.46. The largest absolute Gasteiger partial charge is 0.469 e. The number of methoxy groups -OCH3 is 1. The van der Waals surface area contributed by atoms with Gasteiger partial charge in [-0.15, -0.1) is 0 Å². The number of carbonyl (C=O) groups excluding carboxylic acids is 3. The van der Waals surface area contributed by atoms with E-state index in [9.17, 15) is 27.6 Å². The van der Waals surface area contributed by atoms with E-state index in [-0.39, 0.29) is 35.1 Å². The minimum atomic E-state index is -4.57. The first-order valence-corrected chi connectivity index (χ1v) is 11.8. The molecule has 1 heterocycles. The third-order valence-electron chi connectivity index (χ3n) is 7.29. The highest BCUT2D eigenvalue weighted by atomic mass is 19.4. The van der Waals surface area contributed by atoms with E-state index in [2.05, 4.69) is 31.0 Å². The summed E-state index contributed by atoms with van der Waals surface area (Å²) in [6, 6.07) is 3.05. The van der Waals surface area contributed by atoms with E-state index in [1.54, 1.807) is 4.90 Å². The molecule has 35 heavy (non-hydrogen) atoms. The maximum atomic E-state index is 13.2. The van der Waals surface area contributed by atoms with Crippen molar-refractivity contribution in [3.8, 4) is 0 Å². The second-order valence-corrected chi connectivity index (χ2v) is 10.4. The van der Waals surface area contributed by atoms with Crippen molar-refractivity contribution in [2.45, 2.75) is 76.3 Å². The Labute approximate surface area is 204 Å². The summed E-state index contributed by atoms with van der Waals surface area (Å²) < 4.78 is 44.0. The lowest BCUT2D eigenvalue weighted by molar-refractivity contribution is -0.152. The monoisotopic (exact) mass is 497 g/mol. The topological polar surface area (TPSA) is 79.0 Å². The van der Waals surface area contributed by atoms with Gasteiger partial charge in [0.05, 0.1) is 18.6 Å². The Kier molecular flexibility index (Phi) is 7.83. The standard InChI is InChI=1S/C25H34F3N3O4/c1-24(2,3)30(4)17-9-10-20(18(14-17)23(34)35-5)31-12-11-19(22(31)33)29-21(32)15-7-6-8-16(13-15)25(26,27)28/h6-8,13,17-20H,9-12,14H2,1-5H3,(H,29,32)/t17-,18-,19?,20+/m1/s1. The third kappa shape index (κ3) is 5.97. The van der Waals surface area contributed by atoms with Gasteiger partial charge in [-0.05, 0) is 71.7 Å². The molecule has 1 N–H and O–H groups in total. The van der Waals surface area contributed by atoms with E-state index in [1.807, 2.05) is 7.05 Å². The lowest BCUT2D eigenvalue weighted by Crippen LogP contribution is -2.55. The smallest absolute Gasteiger partial charge is 0.416 e. The summed E-state index contributed by atoms with van der Waals surface area (Å²) in [7, 11) is 3.36. The van der Waals surface area contributed by atoms with Crippen LogP contribution < -0.4 is 5.32 Å². The Bertz CT molecular complexity index is 960. The molecule has 1 unspecified atom stereocenters. The molecular formula is C25H34F3N3O4. The number of nitrogens with zero attached hydrogens (tertiary/aromatic N) is 2. The summed E-state index contributed by atoms with van der Waals surface area (Å²) in [5.41, 5.74) is -1.17. The number of likely N-dealkylation sites (tertiary alicyclic amines) is 1. The summed E-state index contributed by atoms with van der Waals surface area (Å²) in [6.07, 6.45) is -2.28. The Balaban J connectivity index is 1.71. The molecule has 3 rings (SSSR count). The van der Waals surface area contributed by atoms with Gasteiger partial charge >= 0.3 is 12.1 Å². The summed E-state index contributed by atoms with van der Waals surface area (Å²) >= 11 is 0. The average Bonchev–Trinajstić information content (AvgIpc) is 3.16. The van der Waals surface area contributed by atoms with Gasteiger partial charge in [0, 0.05) is 29.7 Å². The number of halogens is 3. The molecule has 1 saturated carbocycles. The fourth-order valence-electron chi connectivity index (χ4n) is 5.05. The number of benzene rings is 1. The predicted molar refractivity (Wildman–Crippen MR) is 123 cm³/mol. The number of amides is 2. The second kappa shape index (κ2) is 10.2. The Morgan fingerprint density at radius 1 is 1.14 bits per heavy atom. The number of esters is 1. The van der Waals surface area contributed by atoms with Gasteiger partial charge < -0.3 is 15.0 Å². The SMILES string of the molecule is COC(=O)[C@@H]1C[C@H](N(C)C(C)(C)C)CC[C@@H]1N1CCC(NC(=O)c2cccc(C(F)(F)F)c2)C1=O. The maximum absolute atomic E-state index is 13.2. The van der Waals surface area contributed by atoms with Crippen molar-refractivity contribution in [2.75, 3.05) is 20.7 Å². The van der Waals surface area contributed by atoms with Crippen LogP contribution in [0.2, 0.25) is 0 Å². The van der Waals surface area contributed by atoms with Gasteiger partial charge in [0.15, 0.2) is 0 Å². The molecule has 2 fully saturated rings. The van der Waals surface area contributed by atoms with Gasteiger partial charge in [0.25, 0.3) is 5.91 Å². The van der Waals surface area contributed by atoms with Crippen LogP contribution in [0.3, 0.4) is 0 Å². The van der Waals surface area contributed by atoms with Crippen LogP contribution in [-0.4, -0.2) is 72.0 Å². The molecule has 10 heteroatoms. The van der Waals surface area contributed by atoms with E-state index >= 15 is 0 Å². The molecule has 1 aliphatic carbocycles. The zero-order valence-corrected chi connectivity index (χ0v) is 20.8. The van der Waals surface area contributed by atoms with Crippen molar-refractivity contribution in [1.29, 1.82) is 0 Å². The van der Waals surface area contributed by atoms with E-state index in [0.717, 1.165) is 24.6 Å². The van der Waals surface area contributed by atoms with Gasteiger partial charge in [0.1, 0.15) is 6.04 Å². The van der Waals surface area contributed by atoms with Crippen molar-refractivity contribution in [2.24, 2.45) is 5.92 Å². The highest BCUT2D eigenvalue weighted by Crippen LogP contribution is 2.36. The highest BCUT2D eigenvalue weighted by Gasteiger charge is 2.46. The quantitative estimate of drug-likeness (QED) is 0.631. The van der Waals surface area contributed by atoms with Crippen LogP contribution in [0.4, 0.5) is 13.2 Å². The van der Waals surface area contributed by atoms with Gasteiger partial charge in [-0.2, -0.15) is 13.2 Å². The fraction of sp³-hybridized carbons (Fsp3) is 0.640. The third-order valence-corrected chi connectivity index (χ3v) is 7.29. The number of rotatable bonds is 5. The number of hydrogen-bond acceptors (Lipinski definition) is 5. The van der Waals surface area contributed by atoms with Gasteiger partial charge in [-0.1, -0.05) is 6.07 Å². The van der Waals surface area contributed by atoms with Crippen molar-refractivity contribution >= 4 is 17.8 Å². The first kappa shape index (κ1) is 27.0. The normalized spacial score (nSPS) is 25.6. The summed E-state index contributed by atoms with van der Waals surface area (Å²) in [5.74, 6) is -1.93. The minimum absolute atomic E-state index is 0.0829. The van der Waals surface area contributed by atoms with Crippen LogP contribution in [0.1, 0.15) is 62.4 Å². The summed E-state index contributed by atoms with van der Waals surface area (Å²) in [4.78, 5) is 42.4. The van der Waals surface area contributed by atoms with Gasteiger partial charge in [0.2, 0.25) is 5.91 Å². The molecule has 0 bridgehead atoms. The van der Waals surface area contributed by atoms with Crippen LogP contribution in [0.25, 0.3) is 0 Å². The van der Waals surface area contributed by atoms with E-state index < -0.39 is 29.6 Å². The molecule has 0 spiro atoms. The summed E-state index contributed by atoms with van der Waals surface area (Å²) in [5, 5.41) is 2.58. The summed E-state index contributed by atoms with van der Waals surface area (Å²) in [6.45, 7) is 6.67. The molecule has 7 nitrogen and oxygen atoms in total. The zero-order valence-electron chi connectivity index (χ0n) is 20.8. The van der Waals surface area contributed by atoms with Crippen LogP contribution >= 0.6 is 0 Å². The number of alkyl halides is 3.